The molecule has 2 aromatic rings. The molecule has 3 rings (SSSR count). The van der Waals surface area contributed by atoms with Gasteiger partial charge in [-0.2, -0.15) is 0 Å². The lowest BCUT2D eigenvalue weighted by Gasteiger charge is -2.26. The maximum Gasteiger partial charge on any atom is 0.315 e. The van der Waals surface area contributed by atoms with Crippen LogP contribution in [0.5, 0.6) is 0 Å². The summed E-state index contributed by atoms with van der Waals surface area (Å²) in [6.45, 7) is 3.54. The van der Waals surface area contributed by atoms with E-state index in [0.717, 1.165) is 30.1 Å². The number of urea groups is 1. The molecule has 1 aromatic heterocycles. The van der Waals surface area contributed by atoms with E-state index in [2.05, 4.69) is 46.6 Å². The predicted octanol–water partition coefficient (Wildman–Crippen LogP) is 2.95. The van der Waals surface area contributed by atoms with Crippen LogP contribution in [-0.2, 0) is 13.0 Å². The number of benzene rings is 1. The van der Waals surface area contributed by atoms with Crippen molar-refractivity contribution in [1.82, 2.24) is 20.5 Å². The van der Waals surface area contributed by atoms with Gasteiger partial charge in [0.1, 0.15) is 0 Å². The number of hydrogen-bond donors (Lipinski definition) is 2. The molecule has 1 saturated heterocycles. The Labute approximate surface area is 147 Å². The molecule has 1 aliphatic heterocycles. The molecule has 2 amide bonds. The maximum atomic E-state index is 12.3. The van der Waals surface area contributed by atoms with Crippen LogP contribution in [0.25, 0.3) is 0 Å². The first-order valence-corrected chi connectivity index (χ1v) is 9.28. The van der Waals surface area contributed by atoms with Crippen LogP contribution < -0.4 is 10.6 Å². The van der Waals surface area contributed by atoms with Gasteiger partial charge in [-0.05, 0) is 25.5 Å². The Kier molecular flexibility index (Phi) is 5.48. The highest BCUT2D eigenvalue weighted by Crippen LogP contribution is 2.30. The molecule has 6 heteroatoms. The van der Waals surface area contributed by atoms with Gasteiger partial charge in [-0.15, -0.1) is 11.3 Å². The Hall–Kier alpha value is -1.92. The molecule has 0 radical (unpaired) electrons. The summed E-state index contributed by atoms with van der Waals surface area (Å²) in [5, 5.41) is 9.17. The van der Waals surface area contributed by atoms with Gasteiger partial charge in [-0.25, -0.2) is 9.78 Å². The van der Waals surface area contributed by atoms with E-state index >= 15 is 0 Å². The highest BCUT2D eigenvalue weighted by molar-refractivity contribution is 7.09. The summed E-state index contributed by atoms with van der Waals surface area (Å²) in [6, 6.07) is 10.6. The van der Waals surface area contributed by atoms with Crippen molar-refractivity contribution in [3.05, 3.63) is 52.0 Å². The van der Waals surface area contributed by atoms with Gasteiger partial charge in [-0.1, -0.05) is 37.3 Å². The second kappa shape index (κ2) is 7.77. The van der Waals surface area contributed by atoms with Crippen LogP contribution in [0, 0.1) is 0 Å². The number of thiazole rings is 1. The highest BCUT2D eigenvalue weighted by Gasteiger charge is 2.33. The zero-order valence-electron chi connectivity index (χ0n) is 14.2. The molecule has 0 aliphatic carbocycles. The molecule has 0 unspecified atom stereocenters. The Morgan fingerprint density at radius 1 is 1.38 bits per heavy atom. The van der Waals surface area contributed by atoms with E-state index in [1.165, 1.54) is 5.56 Å². The number of aryl methyl sites for hydroxylation is 1. The van der Waals surface area contributed by atoms with Gasteiger partial charge >= 0.3 is 6.03 Å². The van der Waals surface area contributed by atoms with Crippen molar-refractivity contribution in [3.8, 4) is 0 Å². The van der Waals surface area contributed by atoms with E-state index in [9.17, 15) is 4.79 Å². The molecular weight excluding hydrogens is 320 g/mol. The summed E-state index contributed by atoms with van der Waals surface area (Å²) < 4.78 is 0. The molecule has 0 saturated carbocycles. The normalized spacial score (nSPS) is 20.9. The van der Waals surface area contributed by atoms with Gasteiger partial charge in [0.05, 0.1) is 29.3 Å². The maximum absolute atomic E-state index is 12.3. The van der Waals surface area contributed by atoms with E-state index in [1.54, 1.807) is 11.3 Å². The Morgan fingerprint density at radius 3 is 2.88 bits per heavy atom. The summed E-state index contributed by atoms with van der Waals surface area (Å²) in [7, 11) is 2.11. The third-order valence-corrected chi connectivity index (χ3v) is 5.48. The number of nitrogens with one attached hydrogen (secondary N) is 2. The summed E-state index contributed by atoms with van der Waals surface area (Å²) in [6.07, 6.45) is 1.89. The van der Waals surface area contributed by atoms with Crippen LogP contribution in [0.15, 0.2) is 35.7 Å². The first-order chi connectivity index (χ1) is 11.7. The van der Waals surface area contributed by atoms with Crippen LogP contribution in [0.4, 0.5) is 4.79 Å². The average molecular weight is 344 g/mol. The Morgan fingerprint density at radius 2 is 2.17 bits per heavy atom. The Balaban J connectivity index is 1.57. The Bertz CT molecular complexity index is 673. The van der Waals surface area contributed by atoms with Gasteiger partial charge in [0.2, 0.25) is 0 Å². The van der Waals surface area contributed by atoms with E-state index in [-0.39, 0.29) is 18.1 Å². The van der Waals surface area contributed by atoms with E-state index in [0.29, 0.717) is 6.54 Å². The predicted molar refractivity (Wildman–Crippen MR) is 97.1 cm³/mol. The van der Waals surface area contributed by atoms with E-state index in [1.807, 2.05) is 23.6 Å². The molecule has 0 bridgehead atoms. The topological polar surface area (TPSA) is 57.3 Å². The first-order valence-electron chi connectivity index (χ1n) is 8.40. The van der Waals surface area contributed by atoms with Crippen molar-refractivity contribution in [1.29, 1.82) is 0 Å². The number of amides is 2. The molecule has 128 valence electrons. The molecule has 2 N–H and O–H groups in total. The summed E-state index contributed by atoms with van der Waals surface area (Å²) >= 11 is 1.64. The van der Waals surface area contributed by atoms with Crippen LogP contribution >= 0.6 is 11.3 Å². The number of carbonyl (C=O) groups excluding carboxylic acids is 1. The second-order valence-corrected chi connectivity index (χ2v) is 7.09. The molecule has 5 nitrogen and oxygen atoms in total. The molecular formula is C18H24N4OS. The van der Waals surface area contributed by atoms with Crippen molar-refractivity contribution < 1.29 is 4.79 Å². The fourth-order valence-electron chi connectivity index (χ4n) is 3.22. The fourth-order valence-corrected chi connectivity index (χ4v) is 3.96. The lowest BCUT2D eigenvalue weighted by atomic mass is 10.0. The van der Waals surface area contributed by atoms with Crippen molar-refractivity contribution in [2.75, 3.05) is 13.6 Å². The van der Waals surface area contributed by atoms with Gasteiger partial charge in [-0.3, -0.25) is 4.90 Å². The molecule has 1 aliphatic rings. The molecule has 1 fully saturated rings. The minimum Gasteiger partial charge on any atom is -0.333 e. The van der Waals surface area contributed by atoms with Gasteiger partial charge < -0.3 is 10.6 Å². The van der Waals surface area contributed by atoms with Crippen LogP contribution in [0.3, 0.4) is 0 Å². The molecule has 2 heterocycles. The van der Waals surface area contributed by atoms with Gasteiger partial charge in [0, 0.05) is 11.9 Å². The number of hydrogen-bond acceptors (Lipinski definition) is 4. The van der Waals surface area contributed by atoms with E-state index < -0.39 is 0 Å². The zero-order chi connectivity index (χ0) is 16.9. The van der Waals surface area contributed by atoms with Crippen LogP contribution in [0.2, 0.25) is 0 Å². The van der Waals surface area contributed by atoms with E-state index in [4.69, 9.17) is 0 Å². The zero-order valence-corrected chi connectivity index (χ0v) is 15.0. The highest BCUT2D eigenvalue weighted by atomic mass is 32.1. The lowest BCUT2D eigenvalue weighted by Crippen LogP contribution is -2.44. The van der Waals surface area contributed by atoms with Crippen LogP contribution in [-0.4, -0.2) is 35.5 Å². The van der Waals surface area contributed by atoms with Gasteiger partial charge in [0.15, 0.2) is 0 Å². The van der Waals surface area contributed by atoms with Gasteiger partial charge in [0.25, 0.3) is 0 Å². The molecule has 2 atom stereocenters. The largest absolute Gasteiger partial charge is 0.333 e. The standard InChI is InChI=1S/C18H24N4OS/c1-3-16-20-14(12-24-16)11-19-18(23)21-15-9-10-22(2)17(15)13-7-5-4-6-8-13/h4-8,12,15,17H,3,9-11H2,1-2H3,(H2,19,21,23)/t15-,17-/m1/s1. The number of likely N-dealkylation sites (tertiary alicyclic amines) is 1. The van der Waals surface area contributed by atoms with Crippen molar-refractivity contribution >= 4 is 17.4 Å². The van der Waals surface area contributed by atoms with Crippen molar-refractivity contribution in [2.45, 2.75) is 38.4 Å². The number of likely N-dealkylation sites (N-methyl/N-ethyl adjacent to an activating group) is 1. The monoisotopic (exact) mass is 344 g/mol. The smallest absolute Gasteiger partial charge is 0.315 e. The third kappa shape index (κ3) is 3.94. The fraction of sp³-hybridized carbons (Fsp3) is 0.444. The minimum absolute atomic E-state index is 0.123. The molecule has 24 heavy (non-hydrogen) atoms. The van der Waals surface area contributed by atoms with Crippen LogP contribution in [0.1, 0.15) is 35.7 Å². The second-order valence-electron chi connectivity index (χ2n) is 6.14. The SMILES string of the molecule is CCc1nc(CNC(=O)N[C@@H]2CCN(C)[C@@H]2c2ccccc2)cs1. The number of nitrogens with zero attached hydrogens (tertiary/aromatic N) is 2. The summed E-state index contributed by atoms with van der Waals surface area (Å²) in [5.74, 6) is 0. The van der Waals surface area contributed by atoms with Crippen molar-refractivity contribution in [3.63, 3.8) is 0 Å². The third-order valence-electron chi connectivity index (χ3n) is 4.44. The summed E-state index contributed by atoms with van der Waals surface area (Å²) in [4.78, 5) is 19.0. The summed E-state index contributed by atoms with van der Waals surface area (Å²) in [5.41, 5.74) is 2.17. The average Bonchev–Trinajstić information content (AvgIpc) is 3.20. The lowest BCUT2D eigenvalue weighted by molar-refractivity contribution is 0.229. The number of rotatable bonds is 5. The first kappa shape index (κ1) is 16.9. The number of carbonyl (C=O) groups is 1. The quantitative estimate of drug-likeness (QED) is 0.877. The molecule has 0 spiro atoms. The van der Waals surface area contributed by atoms with Crippen molar-refractivity contribution in [2.24, 2.45) is 0 Å². The number of aromatic nitrogens is 1. The molecule has 1 aromatic carbocycles. The minimum atomic E-state index is -0.123.